The molecule has 3 aromatic carbocycles. The van der Waals surface area contributed by atoms with Crippen molar-refractivity contribution in [2.75, 3.05) is 19.3 Å². The van der Waals surface area contributed by atoms with E-state index < -0.39 is 41.0 Å². The molecule has 2 amide bonds. The van der Waals surface area contributed by atoms with E-state index in [0.717, 1.165) is 10.5 Å². The van der Waals surface area contributed by atoms with Crippen molar-refractivity contribution in [2.45, 2.75) is 44.1 Å². The lowest BCUT2D eigenvalue weighted by molar-refractivity contribution is -0.143. The molecule has 1 unspecified atom stereocenters. The van der Waals surface area contributed by atoms with Gasteiger partial charge in [0.05, 0.1) is 11.1 Å². The molecule has 3 N–H and O–H groups in total. The lowest BCUT2D eigenvalue weighted by Crippen LogP contribution is -2.40. The minimum absolute atomic E-state index is 0.0311. The highest BCUT2D eigenvalue weighted by Gasteiger charge is 2.38. The Labute approximate surface area is 238 Å². The van der Waals surface area contributed by atoms with E-state index in [1.54, 1.807) is 36.4 Å². The molecular weight excluding hydrogens is 572 g/mol. The Morgan fingerprint density at radius 3 is 1.95 bits per heavy atom. The van der Waals surface area contributed by atoms with Crippen LogP contribution in [0.3, 0.4) is 0 Å². The molecule has 5 nitrogen and oxygen atoms in total. The number of nitrogen functional groups attached to an aromatic ring is 1. The number of likely N-dealkylation sites (N-methyl/N-ethyl adjacent to an activating group) is 1. The van der Waals surface area contributed by atoms with Crippen LogP contribution in [0.4, 0.5) is 32.0 Å². The molecule has 3 aromatic rings. The molecule has 0 heterocycles. The third-order valence-corrected chi connectivity index (χ3v) is 6.76. The Balaban J connectivity index is 1.77. The predicted molar refractivity (Wildman–Crippen MR) is 144 cm³/mol. The number of benzene rings is 3. The quantitative estimate of drug-likeness (QED) is 0.199. The van der Waals surface area contributed by atoms with E-state index in [4.69, 9.17) is 17.3 Å². The second kappa shape index (κ2) is 13.3. The van der Waals surface area contributed by atoms with Gasteiger partial charge >= 0.3 is 12.4 Å². The van der Waals surface area contributed by atoms with Crippen LogP contribution < -0.4 is 11.1 Å². The molecule has 3 rings (SSSR count). The van der Waals surface area contributed by atoms with Crippen LogP contribution in [0.1, 0.15) is 45.5 Å². The zero-order valence-electron chi connectivity index (χ0n) is 22.0. The number of alkyl halides is 6. The lowest BCUT2D eigenvalue weighted by atomic mass is 9.98. The van der Waals surface area contributed by atoms with Crippen molar-refractivity contribution in [2.24, 2.45) is 0 Å². The topological polar surface area (TPSA) is 75.4 Å². The first kappa shape index (κ1) is 31.8. The molecule has 0 aliphatic heterocycles. The first-order valence-electron chi connectivity index (χ1n) is 12.6. The Hall–Kier alpha value is -3.73. The van der Waals surface area contributed by atoms with Gasteiger partial charge in [0.25, 0.3) is 5.91 Å². The summed E-state index contributed by atoms with van der Waals surface area (Å²) in [5, 5.41) is 3.24. The maximum absolute atomic E-state index is 13.4. The Morgan fingerprint density at radius 2 is 1.41 bits per heavy atom. The van der Waals surface area contributed by atoms with E-state index >= 15 is 0 Å². The summed E-state index contributed by atoms with van der Waals surface area (Å²) in [6, 6.07) is 13.8. The molecule has 41 heavy (non-hydrogen) atoms. The van der Waals surface area contributed by atoms with Crippen molar-refractivity contribution in [3.8, 4) is 0 Å². The highest BCUT2D eigenvalue weighted by molar-refractivity contribution is 6.30. The number of anilines is 1. The molecule has 0 aromatic heterocycles. The Morgan fingerprint density at radius 1 is 0.878 bits per heavy atom. The number of nitrogens with one attached hydrogen (secondary N) is 1. The normalized spacial score (nSPS) is 12.6. The maximum Gasteiger partial charge on any atom is 0.416 e. The van der Waals surface area contributed by atoms with Gasteiger partial charge in [-0.3, -0.25) is 9.59 Å². The summed E-state index contributed by atoms with van der Waals surface area (Å²) < 4.78 is 80.2. The highest BCUT2D eigenvalue weighted by Crippen LogP contribution is 2.36. The molecule has 0 fully saturated rings. The van der Waals surface area contributed by atoms with Gasteiger partial charge in [0.1, 0.15) is 0 Å². The average Bonchev–Trinajstić information content (AvgIpc) is 2.91. The van der Waals surface area contributed by atoms with E-state index in [9.17, 15) is 35.9 Å². The smallest absolute Gasteiger partial charge is 0.399 e. The standard InChI is InChI=1S/C29H28ClF6N3O2/c1-39(27(41)20-15-21(28(31,32)33)17-22(16-20)29(34,35)36)25(14-19-2-6-23(30)7-3-19)10-11-26(40)38-13-12-18-4-8-24(37)9-5-18/h2-9,15-17,25H,10-14,37H2,1H3,(H,38,40). The molecule has 1 atom stereocenters. The molecule has 0 bridgehead atoms. The minimum Gasteiger partial charge on any atom is -0.399 e. The van der Waals surface area contributed by atoms with Gasteiger partial charge in [-0.25, -0.2) is 0 Å². The fraction of sp³-hybridized carbons (Fsp3) is 0.310. The van der Waals surface area contributed by atoms with Crippen LogP contribution >= 0.6 is 11.6 Å². The van der Waals surface area contributed by atoms with Crippen LogP contribution in [0, 0.1) is 0 Å². The third kappa shape index (κ3) is 9.41. The van der Waals surface area contributed by atoms with Gasteiger partial charge in [0.15, 0.2) is 0 Å². The molecule has 0 saturated carbocycles. The number of carbonyl (C=O) groups is 2. The summed E-state index contributed by atoms with van der Waals surface area (Å²) in [5.41, 5.74) is 4.02. The summed E-state index contributed by atoms with van der Waals surface area (Å²) in [4.78, 5) is 26.9. The van der Waals surface area contributed by atoms with E-state index in [1.807, 2.05) is 12.1 Å². The molecule has 0 spiro atoms. The van der Waals surface area contributed by atoms with Crippen LogP contribution in [0.15, 0.2) is 66.7 Å². The molecular formula is C29H28ClF6N3O2. The molecule has 0 radical (unpaired) electrons. The fourth-order valence-electron chi connectivity index (χ4n) is 4.19. The van der Waals surface area contributed by atoms with E-state index in [-0.39, 0.29) is 31.2 Å². The van der Waals surface area contributed by atoms with Gasteiger partial charge in [0.2, 0.25) is 5.91 Å². The molecule has 220 valence electrons. The van der Waals surface area contributed by atoms with Crippen molar-refractivity contribution in [1.82, 2.24) is 10.2 Å². The van der Waals surface area contributed by atoms with Crippen LogP contribution in [0.2, 0.25) is 5.02 Å². The molecule has 0 aliphatic rings. The first-order chi connectivity index (χ1) is 19.1. The van der Waals surface area contributed by atoms with Crippen LogP contribution in [-0.2, 0) is 30.0 Å². The first-order valence-corrected chi connectivity index (χ1v) is 12.9. The number of hydrogen-bond donors (Lipinski definition) is 2. The number of amides is 2. The summed E-state index contributed by atoms with van der Waals surface area (Å²) in [5.74, 6) is -1.36. The van der Waals surface area contributed by atoms with Gasteiger partial charge in [-0.2, -0.15) is 26.3 Å². The van der Waals surface area contributed by atoms with Gasteiger partial charge in [-0.15, -0.1) is 0 Å². The van der Waals surface area contributed by atoms with Gasteiger partial charge in [-0.1, -0.05) is 35.9 Å². The number of hydrogen-bond acceptors (Lipinski definition) is 3. The zero-order valence-corrected chi connectivity index (χ0v) is 22.7. The second-order valence-corrected chi connectivity index (χ2v) is 10.0. The van der Waals surface area contributed by atoms with Crippen molar-refractivity contribution in [1.29, 1.82) is 0 Å². The summed E-state index contributed by atoms with van der Waals surface area (Å²) >= 11 is 5.94. The average molecular weight is 600 g/mol. The third-order valence-electron chi connectivity index (χ3n) is 6.51. The van der Waals surface area contributed by atoms with Gasteiger partial charge in [-0.05, 0) is 72.9 Å². The van der Waals surface area contributed by atoms with Crippen molar-refractivity contribution in [3.63, 3.8) is 0 Å². The summed E-state index contributed by atoms with van der Waals surface area (Å²) in [6.45, 7) is 0.337. The number of halogens is 7. The number of carbonyl (C=O) groups excluding carboxylic acids is 2. The fourth-order valence-corrected chi connectivity index (χ4v) is 4.32. The largest absolute Gasteiger partial charge is 0.416 e. The number of nitrogens with zero attached hydrogens (tertiary/aromatic N) is 1. The number of rotatable bonds is 10. The van der Waals surface area contributed by atoms with Crippen molar-refractivity contribution < 1.29 is 35.9 Å². The predicted octanol–water partition coefficient (Wildman–Crippen LogP) is 6.78. The second-order valence-electron chi connectivity index (χ2n) is 9.58. The van der Waals surface area contributed by atoms with Crippen LogP contribution in [0.25, 0.3) is 0 Å². The molecule has 12 heteroatoms. The summed E-state index contributed by atoms with van der Waals surface area (Å²) in [7, 11) is 1.29. The maximum atomic E-state index is 13.4. The lowest BCUT2D eigenvalue weighted by Gasteiger charge is -2.29. The molecule has 0 saturated heterocycles. The summed E-state index contributed by atoms with van der Waals surface area (Å²) in [6.07, 6.45) is -9.39. The minimum atomic E-state index is -5.10. The van der Waals surface area contributed by atoms with E-state index in [2.05, 4.69) is 5.32 Å². The van der Waals surface area contributed by atoms with Crippen LogP contribution in [0.5, 0.6) is 0 Å². The SMILES string of the molecule is CN(C(=O)c1cc(C(F)(F)F)cc(C(F)(F)F)c1)C(CCC(=O)NCCc1ccc(N)cc1)Cc1ccc(Cl)cc1. The van der Waals surface area contributed by atoms with Gasteiger partial charge in [0, 0.05) is 42.3 Å². The zero-order chi connectivity index (χ0) is 30.4. The highest BCUT2D eigenvalue weighted by atomic mass is 35.5. The van der Waals surface area contributed by atoms with E-state index in [1.165, 1.54) is 7.05 Å². The van der Waals surface area contributed by atoms with Crippen molar-refractivity contribution in [3.05, 3.63) is 99.6 Å². The monoisotopic (exact) mass is 599 g/mol. The van der Waals surface area contributed by atoms with E-state index in [0.29, 0.717) is 41.4 Å². The van der Waals surface area contributed by atoms with Crippen LogP contribution in [-0.4, -0.2) is 36.3 Å². The Kier molecular flexibility index (Phi) is 10.3. The van der Waals surface area contributed by atoms with Crippen molar-refractivity contribution >= 4 is 29.1 Å². The van der Waals surface area contributed by atoms with Gasteiger partial charge < -0.3 is 16.0 Å². The molecule has 0 aliphatic carbocycles. The Bertz CT molecular complexity index is 1310. The number of nitrogens with two attached hydrogens (primary N) is 1.